The molecular weight excluding hydrogens is 272 g/mol. The lowest BCUT2D eigenvalue weighted by Crippen LogP contribution is -2.27. The highest BCUT2D eigenvalue weighted by Gasteiger charge is 2.30. The monoisotopic (exact) mass is 288 g/mol. The van der Waals surface area contributed by atoms with E-state index in [1.54, 1.807) is 11.3 Å². The lowest BCUT2D eigenvalue weighted by atomic mass is 10.1. The third kappa shape index (κ3) is 2.80. The first-order chi connectivity index (χ1) is 9.25. The third-order valence-corrected chi connectivity index (χ3v) is 4.45. The first kappa shape index (κ1) is 12.6. The van der Waals surface area contributed by atoms with Gasteiger partial charge in [0.2, 0.25) is 0 Å². The molecule has 19 heavy (non-hydrogen) atoms. The second kappa shape index (κ2) is 5.31. The summed E-state index contributed by atoms with van der Waals surface area (Å²) in [7, 11) is 0. The minimum absolute atomic E-state index is 0.479. The summed E-state index contributed by atoms with van der Waals surface area (Å²) in [5.41, 5.74) is 8.01. The molecular formula is C15H16N2S2. The van der Waals surface area contributed by atoms with Crippen molar-refractivity contribution < 1.29 is 0 Å². The molecule has 3 rings (SSSR count). The second-order valence-electron chi connectivity index (χ2n) is 4.82. The van der Waals surface area contributed by atoms with Crippen LogP contribution < -0.4 is 10.6 Å². The molecule has 0 aliphatic heterocycles. The number of thiocarbonyl (C=S) groups is 1. The largest absolute Gasteiger partial charge is 0.389 e. The molecule has 2 N–H and O–H groups in total. The summed E-state index contributed by atoms with van der Waals surface area (Å²) < 4.78 is 0. The van der Waals surface area contributed by atoms with Gasteiger partial charge in [-0.25, -0.2) is 0 Å². The van der Waals surface area contributed by atoms with E-state index in [0.717, 1.165) is 12.1 Å². The first-order valence-corrected chi connectivity index (χ1v) is 7.72. The van der Waals surface area contributed by atoms with Crippen LogP contribution in [0.25, 0.3) is 0 Å². The number of nitrogens with zero attached hydrogens (tertiary/aromatic N) is 1. The Morgan fingerprint density at radius 3 is 2.68 bits per heavy atom. The lowest BCUT2D eigenvalue weighted by molar-refractivity contribution is 0.803. The molecule has 1 aliphatic rings. The zero-order valence-corrected chi connectivity index (χ0v) is 12.2. The second-order valence-corrected chi connectivity index (χ2v) is 6.29. The molecule has 0 spiro atoms. The highest BCUT2D eigenvalue weighted by atomic mass is 32.1. The van der Waals surface area contributed by atoms with E-state index in [2.05, 4.69) is 34.5 Å². The summed E-state index contributed by atoms with van der Waals surface area (Å²) in [6, 6.07) is 13.1. The quantitative estimate of drug-likeness (QED) is 0.853. The molecule has 4 heteroatoms. The Labute approximate surface area is 122 Å². The van der Waals surface area contributed by atoms with Crippen LogP contribution in [0.15, 0.2) is 41.8 Å². The van der Waals surface area contributed by atoms with Gasteiger partial charge in [-0.05, 0) is 36.4 Å². The molecule has 0 unspecified atom stereocenters. The van der Waals surface area contributed by atoms with Crippen molar-refractivity contribution in [3.8, 4) is 0 Å². The summed E-state index contributed by atoms with van der Waals surface area (Å²) in [6.45, 7) is 0.946. The normalized spacial score (nSPS) is 14.3. The SMILES string of the molecule is NC(=S)c1ccccc1N(Cc1cccs1)C1CC1. The Morgan fingerprint density at radius 2 is 2.05 bits per heavy atom. The molecule has 1 fully saturated rings. The predicted molar refractivity (Wildman–Crippen MR) is 85.9 cm³/mol. The number of nitrogens with two attached hydrogens (primary N) is 1. The maximum absolute atomic E-state index is 5.85. The van der Waals surface area contributed by atoms with Crippen molar-refractivity contribution in [2.45, 2.75) is 25.4 Å². The zero-order valence-electron chi connectivity index (χ0n) is 10.6. The highest BCUT2D eigenvalue weighted by Crippen LogP contribution is 2.35. The van der Waals surface area contributed by atoms with Gasteiger partial charge in [0.1, 0.15) is 4.99 Å². The Morgan fingerprint density at radius 1 is 1.26 bits per heavy atom. The van der Waals surface area contributed by atoms with Gasteiger partial charge in [-0.3, -0.25) is 0 Å². The number of para-hydroxylation sites is 1. The van der Waals surface area contributed by atoms with Crippen molar-refractivity contribution >= 4 is 34.2 Å². The van der Waals surface area contributed by atoms with E-state index in [-0.39, 0.29) is 0 Å². The maximum Gasteiger partial charge on any atom is 0.106 e. The van der Waals surface area contributed by atoms with Crippen molar-refractivity contribution in [3.05, 3.63) is 52.2 Å². The van der Waals surface area contributed by atoms with Gasteiger partial charge in [0, 0.05) is 22.2 Å². The molecule has 1 aliphatic carbocycles. The number of hydrogen-bond donors (Lipinski definition) is 1. The van der Waals surface area contributed by atoms with Crippen LogP contribution in [0.5, 0.6) is 0 Å². The van der Waals surface area contributed by atoms with E-state index in [9.17, 15) is 0 Å². The van der Waals surface area contributed by atoms with E-state index < -0.39 is 0 Å². The van der Waals surface area contributed by atoms with E-state index in [1.165, 1.54) is 23.4 Å². The summed E-state index contributed by atoms with van der Waals surface area (Å²) in [6.07, 6.45) is 2.52. The Bertz CT molecular complexity index is 574. The molecule has 2 nitrogen and oxygen atoms in total. The fourth-order valence-corrected chi connectivity index (χ4v) is 3.18. The van der Waals surface area contributed by atoms with E-state index in [1.807, 2.05) is 12.1 Å². The average molecular weight is 288 g/mol. The van der Waals surface area contributed by atoms with Crippen LogP contribution in [0.4, 0.5) is 5.69 Å². The van der Waals surface area contributed by atoms with Crippen molar-refractivity contribution in [1.82, 2.24) is 0 Å². The van der Waals surface area contributed by atoms with Crippen molar-refractivity contribution in [2.75, 3.05) is 4.90 Å². The van der Waals surface area contributed by atoms with Crippen molar-refractivity contribution in [3.63, 3.8) is 0 Å². The molecule has 0 bridgehead atoms. The molecule has 1 heterocycles. The Kier molecular flexibility index (Phi) is 3.53. The summed E-state index contributed by atoms with van der Waals surface area (Å²) >= 11 is 6.98. The van der Waals surface area contributed by atoms with Gasteiger partial charge < -0.3 is 10.6 Å². The lowest BCUT2D eigenvalue weighted by Gasteiger charge is -2.26. The van der Waals surface area contributed by atoms with E-state index >= 15 is 0 Å². The fourth-order valence-electron chi connectivity index (χ4n) is 2.30. The summed E-state index contributed by atoms with van der Waals surface area (Å²) in [4.78, 5) is 4.30. The molecule has 0 radical (unpaired) electrons. The molecule has 2 aromatic rings. The van der Waals surface area contributed by atoms with Gasteiger partial charge in [-0.1, -0.05) is 30.4 Å². The topological polar surface area (TPSA) is 29.3 Å². The molecule has 1 aromatic carbocycles. The summed E-state index contributed by atoms with van der Waals surface area (Å²) in [5.74, 6) is 0. The van der Waals surface area contributed by atoms with Crippen molar-refractivity contribution in [2.24, 2.45) is 5.73 Å². The van der Waals surface area contributed by atoms with Gasteiger partial charge >= 0.3 is 0 Å². The number of thiophene rings is 1. The molecule has 0 atom stereocenters. The highest BCUT2D eigenvalue weighted by molar-refractivity contribution is 7.80. The minimum Gasteiger partial charge on any atom is -0.389 e. The van der Waals surface area contributed by atoms with Gasteiger partial charge in [-0.15, -0.1) is 11.3 Å². The molecule has 0 saturated heterocycles. The zero-order chi connectivity index (χ0) is 13.2. The van der Waals surface area contributed by atoms with Crippen LogP contribution in [0.3, 0.4) is 0 Å². The van der Waals surface area contributed by atoms with E-state index in [4.69, 9.17) is 18.0 Å². The molecule has 0 amide bonds. The van der Waals surface area contributed by atoms with Crippen LogP contribution >= 0.6 is 23.6 Å². The number of rotatable bonds is 5. The Balaban J connectivity index is 1.94. The van der Waals surface area contributed by atoms with Crippen molar-refractivity contribution in [1.29, 1.82) is 0 Å². The molecule has 1 saturated carbocycles. The first-order valence-electron chi connectivity index (χ1n) is 6.43. The average Bonchev–Trinajstić information content (AvgIpc) is 3.13. The van der Waals surface area contributed by atoms with Gasteiger partial charge in [0.05, 0.1) is 6.54 Å². The number of anilines is 1. The standard InChI is InChI=1S/C15H16N2S2/c16-15(18)13-5-1-2-6-14(13)17(11-7-8-11)10-12-4-3-9-19-12/h1-6,9,11H,7-8,10H2,(H2,16,18). The number of hydrogen-bond acceptors (Lipinski definition) is 3. The predicted octanol–water partition coefficient (Wildman–Crippen LogP) is 3.55. The van der Waals surface area contributed by atoms with Crippen LogP contribution in [0.1, 0.15) is 23.3 Å². The van der Waals surface area contributed by atoms with Crippen LogP contribution in [-0.2, 0) is 6.54 Å². The summed E-state index contributed by atoms with van der Waals surface area (Å²) in [5, 5.41) is 2.12. The maximum atomic E-state index is 5.85. The smallest absolute Gasteiger partial charge is 0.106 e. The third-order valence-electron chi connectivity index (χ3n) is 3.37. The Hall–Kier alpha value is -1.39. The van der Waals surface area contributed by atoms with Crippen LogP contribution in [-0.4, -0.2) is 11.0 Å². The van der Waals surface area contributed by atoms with Gasteiger partial charge in [0.25, 0.3) is 0 Å². The molecule has 98 valence electrons. The molecule has 1 aromatic heterocycles. The van der Waals surface area contributed by atoms with Crippen LogP contribution in [0, 0.1) is 0 Å². The number of benzene rings is 1. The van der Waals surface area contributed by atoms with E-state index in [0.29, 0.717) is 11.0 Å². The fraction of sp³-hybridized carbons (Fsp3) is 0.267. The van der Waals surface area contributed by atoms with Gasteiger partial charge in [0.15, 0.2) is 0 Å². The minimum atomic E-state index is 0.479. The van der Waals surface area contributed by atoms with Gasteiger partial charge in [-0.2, -0.15) is 0 Å². The van der Waals surface area contributed by atoms with Crippen LogP contribution in [0.2, 0.25) is 0 Å².